The largest absolute Gasteiger partial charge is 0.494 e. The van der Waals surface area contributed by atoms with Crippen LogP contribution in [0.2, 0.25) is 0 Å². The Kier molecular flexibility index (Phi) is 6.62. The first kappa shape index (κ1) is 18.7. The molecule has 0 saturated heterocycles. The first-order valence-corrected chi connectivity index (χ1v) is 8.98. The van der Waals surface area contributed by atoms with Crippen LogP contribution in [0.25, 0.3) is 0 Å². The third-order valence-electron chi connectivity index (χ3n) is 3.95. The van der Waals surface area contributed by atoms with Gasteiger partial charge in [-0.05, 0) is 25.1 Å². The van der Waals surface area contributed by atoms with E-state index in [1.54, 1.807) is 7.05 Å². The van der Waals surface area contributed by atoms with Crippen molar-refractivity contribution in [1.29, 1.82) is 0 Å². The second-order valence-electron chi connectivity index (χ2n) is 5.76. The van der Waals surface area contributed by atoms with Gasteiger partial charge in [0, 0.05) is 25.2 Å². The summed E-state index contributed by atoms with van der Waals surface area (Å²) in [5, 5.41) is 6.51. The molecule has 0 bridgehead atoms. The van der Waals surface area contributed by atoms with Gasteiger partial charge in [0.05, 0.1) is 13.2 Å². The van der Waals surface area contributed by atoms with Crippen molar-refractivity contribution in [1.82, 2.24) is 10.6 Å². The van der Waals surface area contributed by atoms with Crippen molar-refractivity contribution in [3.8, 4) is 23.0 Å². The van der Waals surface area contributed by atoms with Gasteiger partial charge in [-0.15, -0.1) is 0 Å². The van der Waals surface area contributed by atoms with E-state index in [9.17, 15) is 0 Å². The first-order chi connectivity index (χ1) is 13.3. The van der Waals surface area contributed by atoms with E-state index < -0.39 is 0 Å². The Morgan fingerprint density at radius 3 is 2.78 bits per heavy atom. The van der Waals surface area contributed by atoms with Crippen LogP contribution in [-0.2, 0) is 6.54 Å². The van der Waals surface area contributed by atoms with E-state index in [1.807, 2.05) is 49.4 Å². The van der Waals surface area contributed by atoms with E-state index in [0.717, 1.165) is 22.8 Å². The molecule has 2 aromatic rings. The fourth-order valence-corrected chi connectivity index (χ4v) is 2.65. The molecule has 7 heteroatoms. The van der Waals surface area contributed by atoms with Crippen LogP contribution in [-0.4, -0.2) is 39.6 Å². The summed E-state index contributed by atoms with van der Waals surface area (Å²) in [5.74, 6) is 3.79. The van der Waals surface area contributed by atoms with Gasteiger partial charge in [-0.25, -0.2) is 0 Å². The minimum atomic E-state index is 0.259. The number of aliphatic imine (C=N–C) groups is 1. The van der Waals surface area contributed by atoms with Crippen LogP contribution in [0.15, 0.2) is 47.5 Å². The number of hydrogen-bond acceptors (Lipinski definition) is 5. The molecule has 1 heterocycles. The number of ether oxygens (including phenoxy) is 4. The molecule has 0 fully saturated rings. The van der Waals surface area contributed by atoms with E-state index in [0.29, 0.717) is 38.0 Å². The standard InChI is InChI=1S/C20H25N3O4/c1-3-24-17-7-5-4-6-15(17)13-23-20(21-2)22-10-11-25-16-8-9-18-19(12-16)27-14-26-18/h4-9,12H,3,10-11,13-14H2,1-2H3,(H2,21,22,23). The van der Waals surface area contributed by atoms with Crippen LogP contribution in [0.1, 0.15) is 12.5 Å². The van der Waals surface area contributed by atoms with Gasteiger partial charge in [0.2, 0.25) is 6.79 Å². The monoisotopic (exact) mass is 371 g/mol. The second-order valence-corrected chi connectivity index (χ2v) is 5.76. The molecule has 7 nitrogen and oxygen atoms in total. The maximum Gasteiger partial charge on any atom is 0.231 e. The topological polar surface area (TPSA) is 73.3 Å². The highest BCUT2D eigenvalue weighted by Gasteiger charge is 2.13. The van der Waals surface area contributed by atoms with Crippen LogP contribution in [0.3, 0.4) is 0 Å². The summed E-state index contributed by atoms with van der Waals surface area (Å²) >= 11 is 0. The number of fused-ring (bicyclic) bond motifs is 1. The van der Waals surface area contributed by atoms with Crippen molar-refractivity contribution in [3.63, 3.8) is 0 Å². The molecular weight excluding hydrogens is 346 g/mol. The Morgan fingerprint density at radius 2 is 1.93 bits per heavy atom. The Balaban J connectivity index is 1.42. The quantitative estimate of drug-likeness (QED) is 0.422. The zero-order valence-corrected chi connectivity index (χ0v) is 15.7. The fourth-order valence-electron chi connectivity index (χ4n) is 2.65. The zero-order valence-electron chi connectivity index (χ0n) is 15.7. The molecule has 0 amide bonds. The summed E-state index contributed by atoms with van der Waals surface area (Å²) < 4.78 is 22.0. The molecule has 144 valence electrons. The van der Waals surface area contributed by atoms with Gasteiger partial charge < -0.3 is 29.6 Å². The molecule has 3 rings (SSSR count). The molecule has 1 aliphatic heterocycles. The van der Waals surface area contributed by atoms with Gasteiger partial charge in [0.1, 0.15) is 18.1 Å². The highest BCUT2D eigenvalue weighted by molar-refractivity contribution is 5.79. The van der Waals surface area contributed by atoms with E-state index in [-0.39, 0.29) is 6.79 Å². The van der Waals surface area contributed by atoms with Crippen LogP contribution >= 0.6 is 0 Å². The molecule has 0 aliphatic carbocycles. The van der Waals surface area contributed by atoms with Crippen molar-refractivity contribution in [3.05, 3.63) is 48.0 Å². The summed E-state index contributed by atoms with van der Waals surface area (Å²) in [6.45, 7) is 4.61. The summed E-state index contributed by atoms with van der Waals surface area (Å²) in [6, 6.07) is 13.5. The molecule has 0 saturated carbocycles. The van der Waals surface area contributed by atoms with Gasteiger partial charge in [-0.2, -0.15) is 0 Å². The second kappa shape index (κ2) is 9.56. The number of benzene rings is 2. The molecule has 2 N–H and O–H groups in total. The highest BCUT2D eigenvalue weighted by atomic mass is 16.7. The maximum absolute atomic E-state index is 5.74. The number of hydrogen-bond donors (Lipinski definition) is 2. The van der Waals surface area contributed by atoms with Gasteiger partial charge in [-0.3, -0.25) is 4.99 Å². The molecule has 0 spiro atoms. The minimum absolute atomic E-state index is 0.259. The third kappa shape index (κ3) is 5.20. The smallest absolute Gasteiger partial charge is 0.231 e. The Hall–Kier alpha value is -3.09. The number of para-hydroxylation sites is 1. The Morgan fingerprint density at radius 1 is 1.07 bits per heavy atom. The average Bonchev–Trinajstić information content (AvgIpc) is 3.16. The van der Waals surface area contributed by atoms with Crippen LogP contribution in [0.5, 0.6) is 23.0 Å². The van der Waals surface area contributed by atoms with Gasteiger partial charge in [-0.1, -0.05) is 18.2 Å². The predicted molar refractivity (Wildman–Crippen MR) is 104 cm³/mol. The summed E-state index contributed by atoms with van der Waals surface area (Å²) in [7, 11) is 1.74. The first-order valence-electron chi connectivity index (χ1n) is 8.98. The minimum Gasteiger partial charge on any atom is -0.494 e. The number of nitrogens with one attached hydrogen (secondary N) is 2. The molecule has 27 heavy (non-hydrogen) atoms. The molecule has 0 atom stereocenters. The van der Waals surface area contributed by atoms with Crippen LogP contribution in [0, 0.1) is 0 Å². The van der Waals surface area contributed by atoms with E-state index in [4.69, 9.17) is 18.9 Å². The lowest BCUT2D eigenvalue weighted by atomic mass is 10.2. The lowest BCUT2D eigenvalue weighted by Crippen LogP contribution is -2.38. The zero-order chi connectivity index (χ0) is 18.9. The normalized spacial score (nSPS) is 12.6. The SMILES string of the molecule is CCOc1ccccc1CNC(=NC)NCCOc1ccc2c(c1)OCO2. The predicted octanol–water partition coefficient (Wildman–Crippen LogP) is 2.56. The Labute approximate surface area is 159 Å². The van der Waals surface area contributed by atoms with Crippen molar-refractivity contribution in [2.24, 2.45) is 4.99 Å². The molecular formula is C20H25N3O4. The van der Waals surface area contributed by atoms with Gasteiger partial charge >= 0.3 is 0 Å². The number of guanidine groups is 1. The third-order valence-corrected chi connectivity index (χ3v) is 3.95. The van der Waals surface area contributed by atoms with Gasteiger partial charge in [0.25, 0.3) is 0 Å². The molecule has 0 unspecified atom stereocenters. The van der Waals surface area contributed by atoms with Crippen LogP contribution < -0.4 is 29.6 Å². The van der Waals surface area contributed by atoms with Crippen molar-refractivity contribution in [2.75, 3.05) is 33.6 Å². The number of rotatable bonds is 8. The highest BCUT2D eigenvalue weighted by Crippen LogP contribution is 2.34. The molecule has 0 aromatic heterocycles. The fraction of sp³-hybridized carbons (Fsp3) is 0.350. The molecule has 1 aliphatic rings. The molecule has 0 radical (unpaired) electrons. The van der Waals surface area contributed by atoms with E-state index in [2.05, 4.69) is 15.6 Å². The maximum atomic E-state index is 5.74. The number of nitrogens with zero attached hydrogens (tertiary/aromatic N) is 1. The van der Waals surface area contributed by atoms with Crippen molar-refractivity contribution < 1.29 is 18.9 Å². The summed E-state index contributed by atoms with van der Waals surface area (Å²) in [4.78, 5) is 4.23. The lowest BCUT2D eigenvalue weighted by molar-refractivity contribution is 0.173. The van der Waals surface area contributed by atoms with Gasteiger partial charge in [0.15, 0.2) is 17.5 Å². The summed E-state index contributed by atoms with van der Waals surface area (Å²) in [6.07, 6.45) is 0. The Bertz CT molecular complexity index is 780. The molecule has 2 aromatic carbocycles. The van der Waals surface area contributed by atoms with Crippen LogP contribution in [0.4, 0.5) is 0 Å². The van der Waals surface area contributed by atoms with Crippen molar-refractivity contribution >= 4 is 5.96 Å². The lowest BCUT2D eigenvalue weighted by Gasteiger charge is -2.14. The van der Waals surface area contributed by atoms with E-state index in [1.165, 1.54) is 0 Å². The van der Waals surface area contributed by atoms with Crippen molar-refractivity contribution in [2.45, 2.75) is 13.5 Å². The summed E-state index contributed by atoms with van der Waals surface area (Å²) in [5.41, 5.74) is 1.08. The van der Waals surface area contributed by atoms with E-state index >= 15 is 0 Å². The average molecular weight is 371 g/mol.